The molecular weight excluding hydrogens is 272 g/mol. The molecule has 0 aromatic heterocycles. The molecule has 0 spiro atoms. The van der Waals surface area contributed by atoms with Gasteiger partial charge in [-0.3, -0.25) is 4.18 Å². The molecule has 0 N–H and O–H groups in total. The molecule has 0 heterocycles. The van der Waals surface area contributed by atoms with Crippen LogP contribution in [-0.4, -0.2) is 8.42 Å². The van der Waals surface area contributed by atoms with Gasteiger partial charge in [0.05, 0.1) is 0 Å². The van der Waals surface area contributed by atoms with Gasteiger partial charge in [0.15, 0.2) is 0 Å². The zero-order chi connectivity index (χ0) is 14.4. The first kappa shape index (κ1) is 14.5. The van der Waals surface area contributed by atoms with Gasteiger partial charge in [0.2, 0.25) is 0 Å². The fraction of sp³-hybridized carbons (Fsp3) is 0.125. The van der Waals surface area contributed by atoms with Crippen LogP contribution in [0.25, 0.3) is 0 Å². The normalized spacial score (nSPS) is 12.8. The molecule has 0 aliphatic carbocycles. The van der Waals surface area contributed by atoms with Crippen molar-refractivity contribution >= 4 is 10.1 Å². The van der Waals surface area contributed by atoms with Crippen LogP contribution in [-0.2, 0) is 20.1 Å². The van der Waals surface area contributed by atoms with Crippen molar-refractivity contribution in [3.63, 3.8) is 0 Å². The van der Waals surface area contributed by atoms with Crippen LogP contribution in [0.5, 0.6) is 0 Å². The highest BCUT2D eigenvalue weighted by molar-refractivity contribution is 7.85. The van der Waals surface area contributed by atoms with Crippen LogP contribution in [0.2, 0.25) is 0 Å². The lowest BCUT2D eigenvalue weighted by molar-refractivity contribution is 0.261. The second kappa shape index (κ2) is 6.50. The molecule has 0 saturated carbocycles. The van der Waals surface area contributed by atoms with E-state index in [1.807, 2.05) is 36.4 Å². The molecule has 1 unspecified atom stereocenters. The molecule has 3 nitrogen and oxygen atoms in total. The van der Waals surface area contributed by atoms with E-state index >= 15 is 0 Å². The predicted molar refractivity (Wildman–Crippen MR) is 79.5 cm³/mol. The Kier molecular flexibility index (Phi) is 4.71. The number of benzene rings is 2. The lowest BCUT2D eigenvalue weighted by Gasteiger charge is -2.14. The van der Waals surface area contributed by atoms with E-state index in [1.54, 1.807) is 24.3 Å². The van der Waals surface area contributed by atoms with E-state index in [-0.39, 0.29) is 5.75 Å². The van der Waals surface area contributed by atoms with E-state index in [0.717, 1.165) is 5.56 Å². The third-order valence-corrected chi connectivity index (χ3v) is 3.97. The van der Waals surface area contributed by atoms with Crippen LogP contribution in [0.15, 0.2) is 73.3 Å². The third-order valence-electron chi connectivity index (χ3n) is 2.78. The minimum Gasteiger partial charge on any atom is -0.257 e. The molecule has 2 aromatic carbocycles. The van der Waals surface area contributed by atoms with Gasteiger partial charge in [-0.1, -0.05) is 66.7 Å². The van der Waals surface area contributed by atoms with Gasteiger partial charge in [-0.2, -0.15) is 8.42 Å². The summed E-state index contributed by atoms with van der Waals surface area (Å²) in [6.45, 7) is 3.64. The highest BCUT2D eigenvalue weighted by atomic mass is 32.2. The van der Waals surface area contributed by atoms with E-state index in [9.17, 15) is 8.42 Å². The lowest BCUT2D eigenvalue weighted by Crippen LogP contribution is -2.12. The average Bonchev–Trinajstić information content (AvgIpc) is 2.46. The fourth-order valence-corrected chi connectivity index (χ4v) is 3.02. The first-order valence-corrected chi connectivity index (χ1v) is 7.81. The highest BCUT2D eigenvalue weighted by Gasteiger charge is 2.19. The van der Waals surface area contributed by atoms with Crippen LogP contribution in [0, 0.1) is 0 Å². The summed E-state index contributed by atoms with van der Waals surface area (Å²) in [5, 5.41) is 0. The van der Waals surface area contributed by atoms with Crippen LogP contribution in [0.4, 0.5) is 0 Å². The largest absolute Gasteiger partial charge is 0.272 e. The maximum atomic E-state index is 12.1. The molecule has 0 fully saturated rings. The van der Waals surface area contributed by atoms with E-state index in [1.165, 1.54) is 6.08 Å². The Morgan fingerprint density at radius 2 is 1.55 bits per heavy atom. The van der Waals surface area contributed by atoms with Crippen LogP contribution in [0.3, 0.4) is 0 Å². The van der Waals surface area contributed by atoms with Crippen molar-refractivity contribution in [1.82, 2.24) is 0 Å². The molecule has 0 saturated heterocycles. The molecule has 0 aliphatic rings. The third kappa shape index (κ3) is 4.05. The van der Waals surface area contributed by atoms with Gasteiger partial charge in [0, 0.05) is 0 Å². The number of rotatable bonds is 6. The van der Waals surface area contributed by atoms with Crippen molar-refractivity contribution in [2.75, 3.05) is 0 Å². The Balaban J connectivity index is 2.13. The van der Waals surface area contributed by atoms with Crippen molar-refractivity contribution in [2.45, 2.75) is 11.9 Å². The van der Waals surface area contributed by atoms with Crippen LogP contribution < -0.4 is 0 Å². The van der Waals surface area contributed by atoms with Crippen molar-refractivity contribution < 1.29 is 12.6 Å². The second-order valence-corrected chi connectivity index (χ2v) is 5.95. The monoisotopic (exact) mass is 288 g/mol. The van der Waals surface area contributed by atoms with Crippen LogP contribution >= 0.6 is 0 Å². The molecule has 0 amide bonds. The van der Waals surface area contributed by atoms with E-state index < -0.39 is 16.2 Å². The van der Waals surface area contributed by atoms with Gasteiger partial charge in [-0.15, -0.1) is 6.58 Å². The zero-order valence-electron chi connectivity index (χ0n) is 11.0. The summed E-state index contributed by atoms with van der Waals surface area (Å²) in [5.74, 6) is -0.148. The molecular formula is C16H16O3S. The van der Waals surface area contributed by atoms with Gasteiger partial charge in [-0.05, 0) is 11.1 Å². The molecule has 2 rings (SSSR count). The van der Waals surface area contributed by atoms with Crippen molar-refractivity contribution in [2.24, 2.45) is 0 Å². The van der Waals surface area contributed by atoms with Gasteiger partial charge in [-0.25, -0.2) is 0 Å². The topological polar surface area (TPSA) is 43.4 Å². The summed E-state index contributed by atoms with van der Waals surface area (Å²) >= 11 is 0. The Bertz CT molecular complexity index is 649. The summed E-state index contributed by atoms with van der Waals surface area (Å²) in [7, 11) is -3.67. The summed E-state index contributed by atoms with van der Waals surface area (Å²) in [5.41, 5.74) is 1.46. The van der Waals surface area contributed by atoms with Gasteiger partial charge in [0.1, 0.15) is 11.9 Å². The summed E-state index contributed by atoms with van der Waals surface area (Å²) in [6.07, 6.45) is 0.822. The van der Waals surface area contributed by atoms with Crippen LogP contribution in [0.1, 0.15) is 17.2 Å². The van der Waals surface area contributed by atoms with Crippen molar-refractivity contribution in [3.8, 4) is 0 Å². The molecule has 0 bridgehead atoms. The van der Waals surface area contributed by atoms with Gasteiger partial charge < -0.3 is 0 Å². The molecule has 0 aliphatic heterocycles. The van der Waals surface area contributed by atoms with E-state index in [0.29, 0.717) is 5.56 Å². The maximum absolute atomic E-state index is 12.1. The lowest BCUT2D eigenvalue weighted by atomic mass is 10.1. The standard InChI is InChI=1S/C16H16O3S/c1-2-16(15-11-7-4-8-12-15)19-20(17,18)13-14-9-5-3-6-10-14/h2-12,16H,1,13H2. The number of hydrogen-bond acceptors (Lipinski definition) is 3. The molecule has 1 atom stereocenters. The SMILES string of the molecule is C=CC(OS(=O)(=O)Cc1ccccc1)c1ccccc1. The second-order valence-electron chi connectivity index (χ2n) is 4.35. The van der Waals surface area contributed by atoms with E-state index in [2.05, 4.69) is 6.58 Å². The summed E-state index contributed by atoms with van der Waals surface area (Å²) < 4.78 is 29.4. The minimum absolute atomic E-state index is 0.148. The molecule has 2 aromatic rings. The predicted octanol–water partition coefficient (Wildman–Crippen LogP) is 3.46. The molecule has 4 heteroatoms. The Hall–Kier alpha value is -1.91. The Morgan fingerprint density at radius 3 is 2.10 bits per heavy atom. The first-order chi connectivity index (χ1) is 9.61. The van der Waals surface area contributed by atoms with Gasteiger partial charge >= 0.3 is 0 Å². The molecule has 104 valence electrons. The highest BCUT2D eigenvalue weighted by Crippen LogP contribution is 2.22. The summed E-state index contributed by atoms with van der Waals surface area (Å²) in [6, 6.07) is 18.1. The molecule has 20 heavy (non-hydrogen) atoms. The maximum Gasteiger partial charge on any atom is 0.272 e. The average molecular weight is 288 g/mol. The van der Waals surface area contributed by atoms with Gasteiger partial charge in [0.25, 0.3) is 10.1 Å². The first-order valence-electron chi connectivity index (χ1n) is 6.23. The Labute approximate surface area is 119 Å². The zero-order valence-corrected chi connectivity index (χ0v) is 11.8. The molecule has 0 radical (unpaired) electrons. The fourth-order valence-electron chi connectivity index (χ4n) is 1.84. The smallest absolute Gasteiger partial charge is 0.257 e. The Morgan fingerprint density at radius 1 is 1.00 bits per heavy atom. The number of hydrogen-bond donors (Lipinski definition) is 0. The minimum atomic E-state index is -3.67. The quantitative estimate of drug-likeness (QED) is 0.604. The van der Waals surface area contributed by atoms with Crippen molar-refractivity contribution in [1.29, 1.82) is 0 Å². The van der Waals surface area contributed by atoms with E-state index in [4.69, 9.17) is 4.18 Å². The van der Waals surface area contributed by atoms with Crippen molar-refractivity contribution in [3.05, 3.63) is 84.4 Å². The summed E-state index contributed by atoms with van der Waals surface area (Å²) in [4.78, 5) is 0.